The van der Waals surface area contributed by atoms with Crippen LogP contribution in [-0.2, 0) is 9.53 Å². The molecule has 1 heterocycles. The summed E-state index contributed by atoms with van der Waals surface area (Å²) in [5.74, 6) is -0.367. The third kappa shape index (κ3) is 2.39. The van der Waals surface area contributed by atoms with Gasteiger partial charge in [0.05, 0.1) is 6.61 Å². The van der Waals surface area contributed by atoms with Gasteiger partial charge in [-0.3, -0.25) is 4.79 Å². The van der Waals surface area contributed by atoms with E-state index in [9.17, 15) is 9.59 Å². The van der Waals surface area contributed by atoms with Gasteiger partial charge in [-0.15, -0.1) is 0 Å². The molecule has 16 heavy (non-hydrogen) atoms. The van der Waals surface area contributed by atoms with E-state index in [1.165, 1.54) is 6.08 Å². The lowest BCUT2D eigenvalue weighted by Crippen LogP contribution is -2.06. The number of H-pyrrole nitrogens is 1. The van der Waals surface area contributed by atoms with Gasteiger partial charge in [-0.25, -0.2) is 4.79 Å². The molecule has 0 atom stereocenters. The van der Waals surface area contributed by atoms with E-state index in [0.29, 0.717) is 18.6 Å². The summed E-state index contributed by atoms with van der Waals surface area (Å²) in [5, 5.41) is 0. The Bertz CT molecular complexity index is 430. The van der Waals surface area contributed by atoms with Crippen LogP contribution in [0.2, 0.25) is 0 Å². The summed E-state index contributed by atoms with van der Waals surface area (Å²) in [6, 6.07) is 0. The highest BCUT2D eigenvalue weighted by Crippen LogP contribution is 2.19. The third-order valence-electron chi connectivity index (χ3n) is 2.32. The average Bonchev–Trinajstić information content (AvgIpc) is 2.53. The van der Waals surface area contributed by atoms with Gasteiger partial charge < -0.3 is 9.72 Å². The van der Waals surface area contributed by atoms with Gasteiger partial charge >= 0.3 is 5.97 Å². The zero-order valence-electron chi connectivity index (χ0n) is 9.66. The molecule has 0 saturated carbocycles. The predicted molar refractivity (Wildman–Crippen MR) is 61.3 cm³/mol. The lowest BCUT2D eigenvalue weighted by atomic mass is 10.1. The zero-order valence-corrected chi connectivity index (χ0v) is 9.66. The highest BCUT2D eigenvalue weighted by molar-refractivity contribution is 5.91. The molecule has 0 aliphatic carbocycles. The number of aldehydes is 1. The Hall–Kier alpha value is -1.84. The first-order valence-electron chi connectivity index (χ1n) is 5.10. The fourth-order valence-electron chi connectivity index (χ4n) is 1.56. The SMILES string of the molecule is CCOC(=O)c1[nH]c(C)c(/C=C\C=O)c1C. The number of aromatic amines is 1. The van der Waals surface area contributed by atoms with Crippen molar-refractivity contribution in [3.8, 4) is 0 Å². The summed E-state index contributed by atoms with van der Waals surface area (Å²) in [5.41, 5.74) is 2.95. The molecule has 1 rings (SSSR count). The number of esters is 1. The Labute approximate surface area is 94.3 Å². The van der Waals surface area contributed by atoms with Crippen LogP contribution < -0.4 is 0 Å². The second-order valence-electron chi connectivity index (χ2n) is 3.38. The van der Waals surface area contributed by atoms with Crippen LogP contribution in [0.15, 0.2) is 6.08 Å². The van der Waals surface area contributed by atoms with Crippen LogP contribution in [0.1, 0.15) is 34.2 Å². The minimum atomic E-state index is -0.367. The molecule has 86 valence electrons. The van der Waals surface area contributed by atoms with Crippen molar-refractivity contribution < 1.29 is 14.3 Å². The van der Waals surface area contributed by atoms with E-state index in [1.54, 1.807) is 13.0 Å². The first kappa shape index (κ1) is 12.2. The zero-order chi connectivity index (χ0) is 12.1. The number of hydrogen-bond donors (Lipinski definition) is 1. The topological polar surface area (TPSA) is 59.2 Å². The number of allylic oxidation sites excluding steroid dienone is 1. The third-order valence-corrected chi connectivity index (χ3v) is 2.32. The molecule has 1 N–H and O–H groups in total. The van der Waals surface area contributed by atoms with Crippen molar-refractivity contribution in [1.29, 1.82) is 0 Å². The van der Waals surface area contributed by atoms with E-state index in [1.807, 2.05) is 13.8 Å². The van der Waals surface area contributed by atoms with Gasteiger partial charge in [0.2, 0.25) is 0 Å². The summed E-state index contributed by atoms with van der Waals surface area (Å²) < 4.78 is 4.92. The first-order chi connectivity index (χ1) is 7.61. The molecular formula is C12H15NO3. The fourth-order valence-corrected chi connectivity index (χ4v) is 1.56. The van der Waals surface area contributed by atoms with E-state index >= 15 is 0 Å². The molecular weight excluding hydrogens is 206 g/mol. The van der Waals surface area contributed by atoms with Crippen molar-refractivity contribution >= 4 is 18.3 Å². The largest absolute Gasteiger partial charge is 0.461 e. The molecule has 0 saturated heterocycles. The molecule has 4 nitrogen and oxygen atoms in total. The summed E-state index contributed by atoms with van der Waals surface area (Å²) in [6.07, 6.45) is 3.78. The van der Waals surface area contributed by atoms with Gasteiger partial charge in [-0.05, 0) is 44.1 Å². The highest BCUT2D eigenvalue weighted by Gasteiger charge is 2.16. The molecule has 0 aromatic carbocycles. The summed E-state index contributed by atoms with van der Waals surface area (Å²) in [4.78, 5) is 24.8. The van der Waals surface area contributed by atoms with Crippen LogP contribution in [0.4, 0.5) is 0 Å². The molecule has 0 spiro atoms. The van der Waals surface area contributed by atoms with Crippen LogP contribution >= 0.6 is 0 Å². The van der Waals surface area contributed by atoms with Gasteiger partial charge in [0.25, 0.3) is 0 Å². The molecule has 0 amide bonds. The molecule has 0 aliphatic heterocycles. The second-order valence-corrected chi connectivity index (χ2v) is 3.38. The van der Waals surface area contributed by atoms with Crippen LogP contribution in [0.25, 0.3) is 6.08 Å². The monoisotopic (exact) mass is 221 g/mol. The molecule has 1 aromatic rings. The number of carbonyl (C=O) groups is 2. The molecule has 4 heteroatoms. The van der Waals surface area contributed by atoms with Gasteiger partial charge in [0.1, 0.15) is 12.0 Å². The maximum atomic E-state index is 11.6. The maximum Gasteiger partial charge on any atom is 0.355 e. The Morgan fingerprint density at radius 3 is 2.69 bits per heavy atom. The van der Waals surface area contributed by atoms with E-state index in [4.69, 9.17) is 4.74 Å². The van der Waals surface area contributed by atoms with Crippen molar-refractivity contribution in [3.63, 3.8) is 0 Å². The van der Waals surface area contributed by atoms with Gasteiger partial charge in [0, 0.05) is 5.69 Å². The summed E-state index contributed by atoms with van der Waals surface area (Å²) in [7, 11) is 0. The smallest absolute Gasteiger partial charge is 0.355 e. The summed E-state index contributed by atoms with van der Waals surface area (Å²) in [6.45, 7) is 5.77. The Morgan fingerprint density at radius 2 is 2.12 bits per heavy atom. The second kappa shape index (κ2) is 5.30. The Balaban J connectivity index is 3.10. The van der Waals surface area contributed by atoms with Crippen molar-refractivity contribution in [2.75, 3.05) is 6.61 Å². The van der Waals surface area contributed by atoms with E-state index in [2.05, 4.69) is 4.98 Å². The molecule has 0 unspecified atom stereocenters. The molecule has 0 bridgehead atoms. The number of aryl methyl sites for hydroxylation is 1. The van der Waals surface area contributed by atoms with Crippen molar-refractivity contribution in [2.24, 2.45) is 0 Å². The Kier molecular flexibility index (Phi) is 4.05. The number of hydrogen-bond acceptors (Lipinski definition) is 3. The minimum Gasteiger partial charge on any atom is -0.461 e. The van der Waals surface area contributed by atoms with E-state index < -0.39 is 0 Å². The lowest BCUT2D eigenvalue weighted by Gasteiger charge is -2.00. The normalized spacial score (nSPS) is 10.7. The molecule has 1 aromatic heterocycles. The molecule has 0 radical (unpaired) electrons. The molecule has 0 fully saturated rings. The van der Waals surface area contributed by atoms with Gasteiger partial charge in [-0.2, -0.15) is 0 Å². The highest BCUT2D eigenvalue weighted by atomic mass is 16.5. The van der Waals surface area contributed by atoms with Gasteiger partial charge in [0.15, 0.2) is 0 Å². The summed E-state index contributed by atoms with van der Waals surface area (Å²) >= 11 is 0. The molecule has 0 aliphatic rings. The minimum absolute atomic E-state index is 0.343. The first-order valence-corrected chi connectivity index (χ1v) is 5.10. The standard InChI is InChI=1S/C12H15NO3/c1-4-16-12(15)11-8(2)10(6-5-7-14)9(3)13-11/h5-7,13H,4H2,1-3H3/b6-5-. The lowest BCUT2D eigenvalue weighted by molar-refractivity contribution is -0.104. The van der Waals surface area contributed by atoms with Gasteiger partial charge in [-0.1, -0.05) is 0 Å². The quantitative estimate of drug-likeness (QED) is 0.480. The van der Waals surface area contributed by atoms with Crippen LogP contribution in [0.5, 0.6) is 0 Å². The van der Waals surface area contributed by atoms with Crippen LogP contribution in [0.3, 0.4) is 0 Å². The number of ether oxygens (including phenoxy) is 1. The number of rotatable bonds is 4. The average molecular weight is 221 g/mol. The van der Waals surface area contributed by atoms with Crippen molar-refractivity contribution in [2.45, 2.75) is 20.8 Å². The number of aromatic nitrogens is 1. The fraction of sp³-hybridized carbons (Fsp3) is 0.333. The Morgan fingerprint density at radius 1 is 1.44 bits per heavy atom. The number of nitrogens with one attached hydrogen (secondary N) is 1. The van der Waals surface area contributed by atoms with Crippen molar-refractivity contribution in [3.05, 3.63) is 28.6 Å². The van der Waals surface area contributed by atoms with E-state index in [0.717, 1.165) is 16.8 Å². The van der Waals surface area contributed by atoms with Crippen LogP contribution in [-0.4, -0.2) is 23.8 Å². The van der Waals surface area contributed by atoms with E-state index in [-0.39, 0.29) is 5.97 Å². The maximum absolute atomic E-state index is 11.6. The van der Waals surface area contributed by atoms with Crippen LogP contribution in [0, 0.1) is 13.8 Å². The van der Waals surface area contributed by atoms with Crippen molar-refractivity contribution in [1.82, 2.24) is 4.98 Å². The number of carbonyl (C=O) groups excluding carboxylic acids is 2. The predicted octanol–water partition coefficient (Wildman–Crippen LogP) is 2.02.